The van der Waals surface area contributed by atoms with Gasteiger partial charge in [0.2, 0.25) is 11.2 Å². The van der Waals surface area contributed by atoms with Crippen molar-refractivity contribution in [1.29, 1.82) is 0 Å². The van der Waals surface area contributed by atoms with Crippen LogP contribution >= 0.6 is 11.6 Å². The highest BCUT2D eigenvalue weighted by atomic mass is 35.5. The summed E-state index contributed by atoms with van der Waals surface area (Å²) in [5.41, 5.74) is 0.807. The maximum Gasteiger partial charge on any atom is 0.224 e. The molecule has 1 amide bonds. The van der Waals surface area contributed by atoms with Crippen LogP contribution in [0.1, 0.15) is 38.2 Å². The van der Waals surface area contributed by atoms with Gasteiger partial charge in [0.1, 0.15) is 5.82 Å². The first-order valence-electron chi connectivity index (χ1n) is 8.03. The number of aromatic nitrogens is 2. The molecule has 0 bridgehead atoms. The number of rotatable bonds is 9. The molecule has 1 fully saturated rings. The largest absolute Gasteiger partial charge is 0.501 e. The fraction of sp³-hybridized carbons (Fsp3) is 0.562. The molecule has 1 aromatic rings. The van der Waals surface area contributed by atoms with Gasteiger partial charge in [0.25, 0.3) is 0 Å². The Hall–Kier alpha value is -1.82. The van der Waals surface area contributed by atoms with Crippen LogP contribution in [0.4, 0.5) is 5.82 Å². The minimum absolute atomic E-state index is 0.182. The summed E-state index contributed by atoms with van der Waals surface area (Å²) in [6, 6.07) is 0. The summed E-state index contributed by atoms with van der Waals surface area (Å²) in [6.45, 7) is 3.87. The first-order valence-corrected chi connectivity index (χ1v) is 8.40. The lowest BCUT2D eigenvalue weighted by atomic mass is 9.85. The second-order valence-corrected chi connectivity index (χ2v) is 5.74. The highest BCUT2D eigenvalue weighted by Crippen LogP contribution is 2.26. The Balaban J connectivity index is 1.75. The quantitative estimate of drug-likeness (QED) is 0.411. The van der Waals surface area contributed by atoms with Gasteiger partial charge in [-0.15, -0.1) is 0 Å². The summed E-state index contributed by atoms with van der Waals surface area (Å²) in [5.74, 6) is 1.08. The van der Waals surface area contributed by atoms with E-state index in [-0.39, 0.29) is 17.1 Å². The zero-order valence-electron chi connectivity index (χ0n) is 13.3. The van der Waals surface area contributed by atoms with Gasteiger partial charge < -0.3 is 15.4 Å². The molecule has 6 nitrogen and oxygen atoms in total. The van der Waals surface area contributed by atoms with Gasteiger partial charge in [0, 0.05) is 30.8 Å². The average Bonchev–Trinajstić information content (AvgIpc) is 2.47. The first-order chi connectivity index (χ1) is 11.2. The van der Waals surface area contributed by atoms with Crippen LogP contribution in [0, 0.1) is 5.92 Å². The Morgan fingerprint density at radius 2 is 2.30 bits per heavy atom. The van der Waals surface area contributed by atoms with Gasteiger partial charge in [-0.25, -0.2) is 9.97 Å². The highest BCUT2D eigenvalue weighted by molar-refractivity contribution is 6.28. The summed E-state index contributed by atoms with van der Waals surface area (Å²) >= 11 is 5.84. The summed E-state index contributed by atoms with van der Waals surface area (Å²) in [4.78, 5) is 19.9. The Kier molecular flexibility index (Phi) is 7.13. The number of nitrogens with zero attached hydrogens (tertiary/aromatic N) is 2. The van der Waals surface area contributed by atoms with Crippen LogP contribution in [0.25, 0.3) is 6.08 Å². The molecule has 0 saturated heterocycles. The molecule has 2 rings (SSSR count). The van der Waals surface area contributed by atoms with Crippen molar-refractivity contribution in [3.05, 3.63) is 23.3 Å². The molecule has 126 valence electrons. The highest BCUT2D eigenvalue weighted by Gasteiger charge is 2.24. The smallest absolute Gasteiger partial charge is 0.224 e. The Morgan fingerprint density at radius 1 is 1.48 bits per heavy atom. The van der Waals surface area contributed by atoms with E-state index in [1.807, 2.05) is 6.92 Å². The number of amides is 1. The number of carbonyl (C=O) groups is 1. The van der Waals surface area contributed by atoms with Gasteiger partial charge >= 0.3 is 0 Å². The second-order valence-electron chi connectivity index (χ2n) is 5.40. The van der Waals surface area contributed by atoms with Crippen molar-refractivity contribution >= 4 is 29.4 Å². The van der Waals surface area contributed by atoms with E-state index in [0.717, 1.165) is 24.8 Å². The monoisotopic (exact) mass is 338 g/mol. The standard InChI is InChI=1S/C16H23ClN4O2/c1-2-23-10-7-13-11-20-16(17)21-14(13)18-8-4-9-19-15(22)12-5-3-6-12/h7,10-12H,2-6,8-9H2,1H3,(H,19,22)(H,18,20,21). The predicted molar refractivity (Wildman–Crippen MR) is 91.2 cm³/mol. The molecule has 1 heterocycles. The molecule has 0 aromatic carbocycles. The second kappa shape index (κ2) is 9.35. The van der Waals surface area contributed by atoms with Gasteiger partial charge in [-0.2, -0.15) is 0 Å². The van der Waals surface area contributed by atoms with E-state index in [1.165, 1.54) is 6.42 Å². The lowest BCUT2D eigenvalue weighted by molar-refractivity contribution is -0.127. The fourth-order valence-electron chi connectivity index (χ4n) is 2.17. The molecule has 1 saturated carbocycles. The number of anilines is 1. The molecule has 1 aliphatic rings. The number of nitrogens with one attached hydrogen (secondary N) is 2. The number of ether oxygens (including phenoxy) is 1. The molecule has 0 unspecified atom stereocenters. The molecule has 0 radical (unpaired) electrons. The molecule has 7 heteroatoms. The maximum atomic E-state index is 11.7. The van der Waals surface area contributed by atoms with E-state index >= 15 is 0 Å². The summed E-state index contributed by atoms with van der Waals surface area (Å²) in [5, 5.41) is 6.38. The summed E-state index contributed by atoms with van der Waals surface area (Å²) < 4.78 is 5.19. The van der Waals surface area contributed by atoms with Gasteiger partial charge in [-0.05, 0) is 43.9 Å². The Morgan fingerprint density at radius 3 is 3.00 bits per heavy atom. The Bertz CT molecular complexity index is 547. The van der Waals surface area contributed by atoms with Crippen LogP contribution in [0.3, 0.4) is 0 Å². The lowest BCUT2D eigenvalue weighted by Crippen LogP contribution is -2.35. The molecule has 0 spiro atoms. The van der Waals surface area contributed by atoms with Crippen molar-refractivity contribution in [2.24, 2.45) is 5.92 Å². The SMILES string of the molecule is CCOC=Cc1cnc(Cl)nc1NCCCNC(=O)C1CCC1. The van der Waals surface area contributed by atoms with Crippen molar-refractivity contribution in [3.63, 3.8) is 0 Å². The van der Waals surface area contributed by atoms with E-state index in [0.29, 0.717) is 25.5 Å². The van der Waals surface area contributed by atoms with Gasteiger partial charge in [-0.3, -0.25) is 4.79 Å². The van der Waals surface area contributed by atoms with Gasteiger partial charge in [-0.1, -0.05) is 6.42 Å². The molecule has 1 aromatic heterocycles. The zero-order valence-corrected chi connectivity index (χ0v) is 14.1. The maximum absolute atomic E-state index is 11.7. The summed E-state index contributed by atoms with van der Waals surface area (Å²) in [6.07, 6.45) is 9.08. The van der Waals surface area contributed by atoms with Gasteiger partial charge in [0.15, 0.2) is 0 Å². The minimum atomic E-state index is 0.182. The van der Waals surface area contributed by atoms with Crippen molar-refractivity contribution in [1.82, 2.24) is 15.3 Å². The van der Waals surface area contributed by atoms with Crippen molar-refractivity contribution < 1.29 is 9.53 Å². The van der Waals surface area contributed by atoms with Gasteiger partial charge in [0.05, 0.1) is 12.9 Å². The van der Waals surface area contributed by atoms with E-state index < -0.39 is 0 Å². The van der Waals surface area contributed by atoms with Crippen molar-refractivity contribution in [3.8, 4) is 0 Å². The van der Waals surface area contributed by atoms with E-state index in [9.17, 15) is 4.79 Å². The van der Waals surface area contributed by atoms with Crippen LogP contribution in [-0.2, 0) is 9.53 Å². The lowest BCUT2D eigenvalue weighted by Gasteiger charge is -2.24. The molecule has 23 heavy (non-hydrogen) atoms. The molecule has 2 N–H and O–H groups in total. The van der Waals surface area contributed by atoms with E-state index in [4.69, 9.17) is 16.3 Å². The van der Waals surface area contributed by atoms with E-state index in [1.54, 1.807) is 18.5 Å². The van der Waals surface area contributed by atoms with Crippen molar-refractivity contribution in [2.45, 2.75) is 32.6 Å². The Labute approximate surface area is 141 Å². The predicted octanol–water partition coefficient (Wildman–Crippen LogP) is 2.86. The van der Waals surface area contributed by atoms with Crippen LogP contribution in [0.5, 0.6) is 0 Å². The van der Waals surface area contributed by atoms with Crippen LogP contribution < -0.4 is 10.6 Å². The van der Waals surface area contributed by atoms with Crippen molar-refractivity contribution in [2.75, 3.05) is 25.0 Å². The molecular formula is C16H23ClN4O2. The van der Waals surface area contributed by atoms with Crippen LogP contribution in [0.2, 0.25) is 5.28 Å². The number of carbonyl (C=O) groups excluding carboxylic acids is 1. The number of hydrogen-bond donors (Lipinski definition) is 2. The average molecular weight is 339 g/mol. The third kappa shape index (κ3) is 5.71. The normalized spacial score (nSPS) is 14.5. The summed E-state index contributed by atoms with van der Waals surface area (Å²) in [7, 11) is 0. The number of halogens is 1. The van der Waals surface area contributed by atoms with E-state index in [2.05, 4.69) is 20.6 Å². The molecule has 0 aliphatic heterocycles. The first kappa shape index (κ1) is 17.5. The topological polar surface area (TPSA) is 76.1 Å². The molecule has 0 atom stereocenters. The number of hydrogen-bond acceptors (Lipinski definition) is 5. The third-order valence-electron chi connectivity index (χ3n) is 3.72. The van der Waals surface area contributed by atoms with Crippen LogP contribution in [-0.4, -0.2) is 35.6 Å². The third-order valence-corrected chi connectivity index (χ3v) is 3.90. The molecule has 1 aliphatic carbocycles. The zero-order chi connectivity index (χ0) is 16.5. The molecular weight excluding hydrogens is 316 g/mol. The van der Waals surface area contributed by atoms with Crippen LogP contribution in [0.15, 0.2) is 12.5 Å². The minimum Gasteiger partial charge on any atom is -0.501 e. The fourth-order valence-corrected chi connectivity index (χ4v) is 2.31.